The van der Waals surface area contributed by atoms with Crippen LogP contribution in [0.5, 0.6) is 0 Å². The molecule has 1 aliphatic heterocycles. The maximum absolute atomic E-state index is 6.30. The minimum atomic E-state index is 0.252. The third-order valence-corrected chi connectivity index (χ3v) is 8.75. The van der Waals surface area contributed by atoms with Crippen LogP contribution in [0.15, 0.2) is 48.6 Å². The Kier molecular flexibility index (Phi) is 30.8. The molecule has 0 aromatic rings. The molecular formula is C41H75NO2. The third kappa shape index (κ3) is 27.2. The van der Waals surface area contributed by atoms with E-state index >= 15 is 0 Å². The lowest BCUT2D eigenvalue weighted by Crippen LogP contribution is -2.30. The fourth-order valence-electron chi connectivity index (χ4n) is 5.89. The lowest BCUT2D eigenvalue weighted by molar-refractivity contribution is -0.0481. The largest absolute Gasteiger partial charge is 0.374 e. The van der Waals surface area contributed by atoms with E-state index in [1.54, 1.807) is 0 Å². The molecule has 1 rings (SSSR count). The summed E-state index contributed by atoms with van der Waals surface area (Å²) >= 11 is 0. The van der Waals surface area contributed by atoms with Gasteiger partial charge in [0.1, 0.15) is 0 Å². The summed E-state index contributed by atoms with van der Waals surface area (Å²) in [6.07, 6.45) is 50.2. The third-order valence-electron chi connectivity index (χ3n) is 8.75. The van der Waals surface area contributed by atoms with E-state index in [9.17, 15) is 0 Å². The van der Waals surface area contributed by atoms with Crippen LogP contribution in [0.25, 0.3) is 0 Å². The number of nitrogens with zero attached hydrogens (tertiary/aromatic N) is 1. The summed E-state index contributed by atoms with van der Waals surface area (Å²) in [5.74, 6) is 0. The molecule has 0 saturated carbocycles. The fourth-order valence-corrected chi connectivity index (χ4v) is 5.89. The maximum atomic E-state index is 6.30. The number of likely N-dealkylation sites (N-methyl/N-ethyl adjacent to an activating group) is 1. The van der Waals surface area contributed by atoms with Crippen LogP contribution in [0, 0.1) is 0 Å². The summed E-state index contributed by atoms with van der Waals surface area (Å²) in [6.45, 7) is 8.33. The first-order valence-corrected chi connectivity index (χ1v) is 19.3. The topological polar surface area (TPSA) is 21.7 Å². The van der Waals surface area contributed by atoms with Crippen LogP contribution < -0.4 is 0 Å². The second-order valence-electron chi connectivity index (χ2n) is 13.2. The number of ether oxygens (including phenoxy) is 2. The lowest BCUT2D eigenvalue weighted by Gasteiger charge is -2.20. The molecule has 0 aromatic heterocycles. The number of rotatable bonds is 32. The summed E-state index contributed by atoms with van der Waals surface area (Å²) in [5.41, 5.74) is 0. The van der Waals surface area contributed by atoms with Crippen LogP contribution in [-0.2, 0) is 9.47 Å². The van der Waals surface area contributed by atoms with Crippen molar-refractivity contribution in [3.05, 3.63) is 48.6 Å². The second kappa shape index (κ2) is 33.2. The van der Waals surface area contributed by atoms with E-state index in [-0.39, 0.29) is 12.2 Å². The Balaban J connectivity index is 1.90. The molecule has 44 heavy (non-hydrogen) atoms. The van der Waals surface area contributed by atoms with Gasteiger partial charge >= 0.3 is 0 Å². The van der Waals surface area contributed by atoms with Crippen molar-refractivity contribution >= 4 is 0 Å². The van der Waals surface area contributed by atoms with Crippen molar-refractivity contribution in [2.45, 2.75) is 180 Å². The lowest BCUT2D eigenvalue weighted by atomic mass is 10.1. The highest BCUT2D eigenvalue weighted by Gasteiger charge is 2.32. The summed E-state index contributed by atoms with van der Waals surface area (Å²) < 4.78 is 12.6. The average Bonchev–Trinajstić information content (AvgIpc) is 3.38. The standard InChI is InChI=1S/C41H75NO2/c1-4-6-8-10-12-14-16-18-20-22-24-26-28-30-32-34-36-43-40-38-42(3)39-41(40)44-37-35-33-31-29-27-25-23-21-19-17-15-13-11-9-7-5-2/h12-15,18-21,40-41H,4-11,16-17,22-39H2,1-3H3/t40-,41-/m0/s1. The van der Waals surface area contributed by atoms with Gasteiger partial charge < -0.3 is 14.4 Å². The van der Waals surface area contributed by atoms with E-state index in [0.29, 0.717) is 0 Å². The smallest absolute Gasteiger partial charge is 0.0975 e. The minimum absolute atomic E-state index is 0.252. The zero-order valence-electron chi connectivity index (χ0n) is 29.8. The second-order valence-corrected chi connectivity index (χ2v) is 13.2. The number of hydrogen-bond donors (Lipinski definition) is 0. The van der Waals surface area contributed by atoms with Crippen LogP contribution in [-0.4, -0.2) is 50.5 Å². The Labute approximate surface area is 276 Å². The van der Waals surface area contributed by atoms with Crippen molar-refractivity contribution in [3.8, 4) is 0 Å². The summed E-state index contributed by atoms with van der Waals surface area (Å²) in [6, 6.07) is 0. The number of unbranched alkanes of at least 4 members (excludes halogenated alkanes) is 18. The molecule has 0 N–H and O–H groups in total. The highest BCUT2D eigenvalue weighted by Crippen LogP contribution is 2.18. The predicted octanol–water partition coefficient (Wildman–Crippen LogP) is 12.3. The SMILES string of the molecule is CCCCCC=CCC=CCCCCCCCCO[C@H]1CN(C)C[C@@H]1OCCCCCCCCC=CCC=CCCCCC. The van der Waals surface area contributed by atoms with Crippen LogP contribution >= 0.6 is 0 Å². The van der Waals surface area contributed by atoms with Crippen LogP contribution in [0.2, 0.25) is 0 Å². The number of hydrogen-bond acceptors (Lipinski definition) is 3. The molecule has 2 atom stereocenters. The van der Waals surface area contributed by atoms with E-state index < -0.39 is 0 Å². The van der Waals surface area contributed by atoms with Gasteiger partial charge in [-0.15, -0.1) is 0 Å². The molecule has 0 unspecified atom stereocenters. The van der Waals surface area contributed by atoms with Crippen molar-refractivity contribution in [2.24, 2.45) is 0 Å². The first-order chi connectivity index (χ1) is 21.8. The molecule has 0 spiro atoms. The molecule has 0 radical (unpaired) electrons. The van der Waals surface area contributed by atoms with Crippen molar-refractivity contribution in [1.29, 1.82) is 0 Å². The van der Waals surface area contributed by atoms with Gasteiger partial charge in [-0.05, 0) is 84.1 Å². The summed E-state index contributed by atoms with van der Waals surface area (Å²) in [5, 5.41) is 0. The van der Waals surface area contributed by atoms with E-state index in [1.807, 2.05) is 0 Å². The van der Waals surface area contributed by atoms with E-state index in [4.69, 9.17) is 9.47 Å². The predicted molar refractivity (Wildman–Crippen MR) is 196 cm³/mol. The monoisotopic (exact) mass is 614 g/mol. The van der Waals surface area contributed by atoms with E-state index in [1.165, 1.54) is 141 Å². The van der Waals surface area contributed by atoms with Gasteiger partial charge in [-0.25, -0.2) is 0 Å². The zero-order valence-corrected chi connectivity index (χ0v) is 29.8. The average molecular weight is 614 g/mol. The van der Waals surface area contributed by atoms with Gasteiger partial charge in [-0.3, -0.25) is 0 Å². The summed E-state index contributed by atoms with van der Waals surface area (Å²) in [4.78, 5) is 2.37. The van der Waals surface area contributed by atoms with E-state index in [0.717, 1.165) is 39.1 Å². The molecule has 0 bridgehead atoms. The van der Waals surface area contributed by atoms with Gasteiger partial charge in [0.05, 0.1) is 12.2 Å². The Morgan fingerprint density at radius 2 is 0.750 bits per heavy atom. The Morgan fingerprint density at radius 1 is 0.432 bits per heavy atom. The summed E-state index contributed by atoms with van der Waals surface area (Å²) in [7, 11) is 2.20. The molecule has 1 saturated heterocycles. The Hall–Kier alpha value is -1.16. The molecule has 0 amide bonds. The normalized spacial score (nSPS) is 18.0. The van der Waals surface area contributed by atoms with Gasteiger partial charge in [0.2, 0.25) is 0 Å². The first-order valence-electron chi connectivity index (χ1n) is 19.3. The van der Waals surface area contributed by atoms with Crippen LogP contribution in [0.1, 0.15) is 168 Å². The first kappa shape index (κ1) is 40.9. The highest BCUT2D eigenvalue weighted by molar-refractivity contribution is 4.93. The van der Waals surface area contributed by atoms with E-state index in [2.05, 4.69) is 74.4 Å². The number of allylic oxidation sites excluding steroid dienone is 8. The zero-order chi connectivity index (χ0) is 31.6. The molecule has 1 heterocycles. The van der Waals surface area contributed by atoms with Crippen LogP contribution in [0.4, 0.5) is 0 Å². The molecule has 1 aliphatic rings. The molecule has 3 nitrogen and oxygen atoms in total. The Morgan fingerprint density at radius 3 is 1.11 bits per heavy atom. The molecule has 0 aliphatic carbocycles. The van der Waals surface area contributed by atoms with Crippen molar-refractivity contribution in [2.75, 3.05) is 33.4 Å². The van der Waals surface area contributed by atoms with Gasteiger partial charge in [0.25, 0.3) is 0 Å². The molecular weight excluding hydrogens is 538 g/mol. The molecule has 3 heteroatoms. The Bertz CT molecular complexity index is 639. The van der Waals surface area contributed by atoms with Gasteiger partial charge in [-0.1, -0.05) is 140 Å². The molecule has 256 valence electrons. The molecule has 1 fully saturated rings. The van der Waals surface area contributed by atoms with Crippen LogP contribution in [0.3, 0.4) is 0 Å². The number of likely N-dealkylation sites (tertiary alicyclic amines) is 1. The molecule has 0 aromatic carbocycles. The minimum Gasteiger partial charge on any atom is -0.374 e. The van der Waals surface area contributed by atoms with Crippen molar-refractivity contribution in [1.82, 2.24) is 4.90 Å². The fraction of sp³-hybridized carbons (Fsp3) is 0.805. The van der Waals surface area contributed by atoms with Crippen molar-refractivity contribution < 1.29 is 9.47 Å². The maximum Gasteiger partial charge on any atom is 0.0975 e. The van der Waals surface area contributed by atoms with Crippen molar-refractivity contribution in [3.63, 3.8) is 0 Å². The highest BCUT2D eigenvalue weighted by atomic mass is 16.5. The van der Waals surface area contributed by atoms with Gasteiger partial charge in [-0.2, -0.15) is 0 Å². The van der Waals surface area contributed by atoms with Gasteiger partial charge in [0, 0.05) is 26.3 Å². The van der Waals surface area contributed by atoms with Gasteiger partial charge in [0.15, 0.2) is 0 Å². The quantitative estimate of drug-likeness (QED) is 0.0556.